The molecule has 0 spiro atoms. The highest BCUT2D eigenvalue weighted by Gasteiger charge is 2.21. The molecule has 0 heterocycles. The Hall–Kier alpha value is -2.24. The average Bonchev–Trinajstić information content (AvgIpc) is 2.66. The molecule has 1 aliphatic rings. The Bertz CT molecular complexity index is 838. The van der Waals surface area contributed by atoms with Crippen LogP contribution < -0.4 is 10.1 Å². The molecule has 148 valence electrons. The molecular formula is C21H21Cl2NO4. The number of benzene rings is 2. The van der Waals surface area contributed by atoms with Crippen LogP contribution in [0, 0.1) is 5.92 Å². The van der Waals surface area contributed by atoms with E-state index in [1.165, 1.54) is 18.6 Å². The van der Waals surface area contributed by atoms with Gasteiger partial charge < -0.3 is 15.2 Å². The minimum absolute atomic E-state index is 0.0634. The Balaban J connectivity index is 1.65. The van der Waals surface area contributed by atoms with Gasteiger partial charge in [-0.05, 0) is 54.8 Å². The van der Waals surface area contributed by atoms with Crippen LogP contribution in [0.4, 0.5) is 5.69 Å². The van der Waals surface area contributed by atoms with Crippen molar-refractivity contribution < 1.29 is 19.4 Å². The standard InChI is InChI=1S/C21H21Cl2NO4/c22-17-10-13(12-19(25)26)11-18(23)20(17)28-16-8-6-15(7-9-16)24-21(27)14-4-2-1-3-5-14/h6-11,14H,1-5,12H2,(H,24,27)(H,25,26). The lowest BCUT2D eigenvalue weighted by atomic mass is 9.88. The first kappa shape index (κ1) is 20.5. The van der Waals surface area contributed by atoms with E-state index in [9.17, 15) is 9.59 Å². The molecule has 1 saturated carbocycles. The number of carboxylic acids is 1. The van der Waals surface area contributed by atoms with Gasteiger partial charge in [0.05, 0.1) is 16.5 Å². The number of rotatable bonds is 6. The van der Waals surface area contributed by atoms with Gasteiger partial charge in [0.15, 0.2) is 5.75 Å². The van der Waals surface area contributed by atoms with Crippen molar-refractivity contribution in [2.45, 2.75) is 38.5 Å². The van der Waals surface area contributed by atoms with Crippen LogP contribution in [-0.2, 0) is 16.0 Å². The third-order valence-corrected chi connectivity index (χ3v) is 5.29. The Kier molecular flexibility index (Phi) is 6.81. The molecule has 3 rings (SSSR count). The van der Waals surface area contributed by atoms with Crippen molar-refractivity contribution in [1.82, 2.24) is 0 Å². The lowest BCUT2D eigenvalue weighted by Crippen LogP contribution is -2.24. The normalized spacial score (nSPS) is 14.5. The van der Waals surface area contributed by atoms with Crippen LogP contribution >= 0.6 is 23.2 Å². The van der Waals surface area contributed by atoms with Crippen molar-refractivity contribution in [2.24, 2.45) is 5.92 Å². The first-order valence-electron chi connectivity index (χ1n) is 9.21. The summed E-state index contributed by atoms with van der Waals surface area (Å²) in [6.07, 6.45) is 5.15. The molecule has 0 saturated heterocycles. The van der Waals surface area contributed by atoms with Gasteiger partial charge in [0.2, 0.25) is 5.91 Å². The lowest BCUT2D eigenvalue weighted by molar-refractivity contribution is -0.136. The van der Waals surface area contributed by atoms with Crippen LogP contribution in [0.15, 0.2) is 36.4 Å². The molecule has 0 unspecified atom stereocenters. The maximum atomic E-state index is 12.3. The summed E-state index contributed by atoms with van der Waals surface area (Å²) in [4.78, 5) is 23.2. The number of hydrogen-bond acceptors (Lipinski definition) is 3. The fourth-order valence-electron chi connectivity index (χ4n) is 3.32. The second kappa shape index (κ2) is 9.30. The Morgan fingerprint density at radius 1 is 1.04 bits per heavy atom. The van der Waals surface area contributed by atoms with Gasteiger partial charge in [-0.2, -0.15) is 0 Å². The molecule has 2 aromatic rings. The molecule has 2 aromatic carbocycles. The smallest absolute Gasteiger partial charge is 0.307 e. The first-order chi connectivity index (χ1) is 13.4. The Labute approximate surface area is 173 Å². The largest absolute Gasteiger partial charge is 0.481 e. The first-order valence-corrected chi connectivity index (χ1v) is 9.96. The summed E-state index contributed by atoms with van der Waals surface area (Å²) in [6.45, 7) is 0. The van der Waals surface area contributed by atoms with Crippen LogP contribution in [0.25, 0.3) is 0 Å². The lowest BCUT2D eigenvalue weighted by Gasteiger charge is -2.20. The minimum atomic E-state index is -0.966. The summed E-state index contributed by atoms with van der Waals surface area (Å²) in [5.74, 6) is -0.0475. The zero-order valence-corrected chi connectivity index (χ0v) is 16.7. The topological polar surface area (TPSA) is 75.6 Å². The van der Waals surface area contributed by atoms with Gasteiger partial charge in [0.25, 0.3) is 0 Å². The third kappa shape index (κ3) is 5.40. The van der Waals surface area contributed by atoms with Gasteiger partial charge in [-0.3, -0.25) is 9.59 Å². The third-order valence-electron chi connectivity index (χ3n) is 4.73. The van der Waals surface area contributed by atoms with Gasteiger partial charge >= 0.3 is 5.97 Å². The van der Waals surface area contributed by atoms with Gasteiger partial charge in [-0.15, -0.1) is 0 Å². The second-order valence-corrected chi connectivity index (χ2v) is 7.72. The van der Waals surface area contributed by atoms with E-state index in [-0.39, 0.29) is 34.0 Å². The highest BCUT2D eigenvalue weighted by atomic mass is 35.5. The molecule has 5 nitrogen and oxygen atoms in total. The van der Waals surface area contributed by atoms with E-state index in [0.717, 1.165) is 25.7 Å². The highest BCUT2D eigenvalue weighted by molar-refractivity contribution is 6.37. The molecule has 28 heavy (non-hydrogen) atoms. The molecule has 1 amide bonds. The van der Waals surface area contributed by atoms with Gasteiger partial charge in [0.1, 0.15) is 5.75 Å². The number of ether oxygens (including phenoxy) is 1. The summed E-state index contributed by atoms with van der Waals surface area (Å²) in [5.41, 5.74) is 1.20. The fraction of sp³-hybridized carbons (Fsp3) is 0.333. The van der Waals surface area contributed by atoms with Crippen LogP contribution in [-0.4, -0.2) is 17.0 Å². The summed E-state index contributed by atoms with van der Waals surface area (Å²) < 4.78 is 5.75. The maximum Gasteiger partial charge on any atom is 0.307 e. The van der Waals surface area contributed by atoms with Crippen molar-refractivity contribution in [3.63, 3.8) is 0 Å². The number of carbonyl (C=O) groups is 2. The number of carboxylic acid groups (broad SMARTS) is 1. The van der Waals surface area contributed by atoms with Crippen LogP contribution in [0.5, 0.6) is 11.5 Å². The van der Waals surface area contributed by atoms with Crippen LogP contribution in [0.1, 0.15) is 37.7 Å². The predicted octanol–water partition coefficient (Wildman–Crippen LogP) is 5.93. The molecule has 0 atom stereocenters. The van der Waals surface area contributed by atoms with E-state index >= 15 is 0 Å². The number of halogens is 2. The van der Waals surface area contributed by atoms with E-state index in [2.05, 4.69) is 5.32 Å². The van der Waals surface area contributed by atoms with Crippen molar-refractivity contribution in [3.05, 3.63) is 52.0 Å². The van der Waals surface area contributed by atoms with E-state index in [0.29, 0.717) is 17.0 Å². The fourth-order valence-corrected chi connectivity index (χ4v) is 3.93. The van der Waals surface area contributed by atoms with Crippen molar-refractivity contribution in [2.75, 3.05) is 5.32 Å². The molecule has 7 heteroatoms. The van der Waals surface area contributed by atoms with Crippen LogP contribution in [0.3, 0.4) is 0 Å². The van der Waals surface area contributed by atoms with Gasteiger partial charge in [-0.25, -0.2) is 0 Å². The van der Waals surface area contributed by atoms with Gasteiger partial charge in [0, 0.05) is 11.6 Å². The number of nitrogens with one attached hydrogen (secondary N) is 1. The highest BCUT2D eigenvalue weighted by Crippen LogP contribution is 2.38. The van der Waals surface area contributed by atoms with Crippen molar-refractivity contribution in [1.29, 1.82) is 0 Å². The van der Waals surface area contributed by atoms with Crippen molar-refractivity contribution >= 4 is 40.8 Å². The van der Waals surface area contributed by atoms with E-state index < -0.39 is 5.97 Å². The monoisotopic (exact) mass is 421 g/mol. The molecule has 2 N–H and O–H groups in total. The molecular weight excluding hydrogens is 401 g/mol. The zero-order valence-electron chi connectivity index (χ0n) is 15.2. The zero-order chi connectivity index (χ0) is 20.1. The molecule has 1 aliphatic carbocycles. The Morgan fingerprint density at radius 3 is 2.21 bits per heavy atom. The molecule has 0 aliphatic heterocycles. The van der Waals surface area contributed by atoms with E-state index in [1.807, 2.05) is 0 Å². The van der Waals surface area contributed by atoms with E-state index in [1.54, 1.807) is 24.3 Å². The number of carbonyl (C=O) groups excluding carboxylic acids is 1. The summed E-state index contributed by atoms with van der Waals surface area (Å²) in [5, 5.41) is 12.3. The summed E-state index contributed by atoms with van der Waals surface area (Å²) in [6, 6.07) is 10.0. The average molecular weight is 422 g/mol. The summed E-state index contributed by atoms with van der Waals surface area (Å²) in [7, 11) is 0. The van der Waals surface area contributed by atoms with Gasteiger partial charge in [-0.1, -0.05) is 42.5 Å². The predicted molar refractivity (Wildman–Crippen MR) is 110 cm³/mol. The molecule has 0 bridgehead atoms. The second-order valence-electron chi connectivity index (χ2n) is 6.91. The molecule has 1 fully saturated rings. The SMILES string of the molecule is O=C(O)Cc1cc(Cl)c(Oc2ccc(NC(=O)C3CCCCC3)cc2)c(Cl)c1. The molecule has 0 aromatic heterocycles. The van der Waals surface area contributed by atoms with Crippen LogP contribution in [0.2, 0.25) is 10.0 Å². The van der Waals surface area contributed by atoms with E-state index in [4.69, 9.17) is 33.0 Å². The molecule has 0 radical (unpaired) electrons. The quantitative estimate of drug-likeness (QED) is 0.605. The minimum Gasteiger partial charge on any atom is -0.481 e. The number of amides is 1. The number of aliphatic carboxylic acids is 1. The van der Waals surface area contributed by atoms with Crippen molar-refractivity contribution in [3.8, 4) is 11.5 Å². The maximum absolute atomic E-state index is 12.3. The number of hydrogen-bond donors (Lipinski definition) is 2. The number of anilines is 1. The Morgan fingerprint density at radius 2 is 1.64 bits per heavy atom. The summed E-state index contributed by atoms with van der Waals surface area (Å²) >= 11 is 12.4.